The zero-order chi connectivity index (χ0) is 12.6. The number of nitrogens with zero attached hydrogens (tertiary/aromatic N) is 1. The highest BCUT2D eigenvalue weighted by Gasteiger charge is 2.25. The molecule has 0 unspecified atom stereocenters. The van der Waals surface area contributed by atoms with Crippen LogP contribution in [0.15, 0.2) is 41.6 Å². The molecule has 94 valence electrons. The highest BCUT2D eigenvalue weighted by atomic mass is 32.2. The molecule has 0 bridgehead atoms. The summed E-state index contributed by atoms with van der Waals surface area (Å²) in [4.78, 5) is 4.31. The molecule has 0 spiro atoms. The van der Waals surface area contributed by atoms with Gasteiger partial charge in [0.15, 0.2) is 0 Å². The van der Waals surface area contributed by atoms with Crippen molar-refractivity contribution in [3.8, 4) is 0 Å². The molecule has 1 saturated heterocycles. The van der Waals surface area contributed by atoms with Gasteiger partial charge in [-0.3, -0.25) is 4.98 Å². The predicted octanol–water partition coefficient (Wildman–Crippen LogP) is 0.485. The summed E-state index contributed by atoms with van der Waals surface area (Å²) in [5, 5.41) is 4.56. The van der Waals surface area contributed by atoms with Crippen LogP contribution in [0.25, 0.3) is 10.8 Å². The van der Waals surface area contributed by atoms with E-state index in [0.29, 0.717) is 23.4 Å². The van der Waals surface area contributed by atoms with E-state index in [1.165, 1.54) is 0 Å². The minimum Gasteiger partial charge on any atom is -0.313 e. The van der Waals surface area contributed by atoms with Crippen LogP contribution < -0.4 is 10.0 Å². The lowest BCUT2D eigenvalue weighted by atomic mass is 10.2. The summed E-state index contributed by atoms with van der Waals surface area (Å²) in [5.41, 5.74) is 0. The van der Waals surface area contributed by atoms with E-state index in [1.54, 1.807) is 30.6 Å². The Labute approximate surface area is 105 Å². The van der Waals surface area contributed by atoms with E-state index in [4.69, 9.17) is 0 Å². The Morgan fingerprint density at radius 3 is 2.83 bits per heavy atom. The molecule has 2 heterocycles. The van der Waals surface area contributed by atoms with Crippen molar-refractivity contribution in [1.29, 1.82) is 0 Å². The summed E-state index contributed by atoms with van der Waals surface area (Å²) in [5.74, 6) is 0. The normalized spacial score (nSPS) is 16.7. The van der Waals surface area contributed by atoms with Gasteiger partial charge in [-0.15, -0.1) is 0 Å². The fourth-order valence-electron chi connectivity index (χ4n) is 1.98. The SMILES string of the molecule is O=S(=O)(NC1CNC1)c1cccc2cnccc12. The quantitative estimate of drug-likeness (QED) is 0.845. The van der Waals surface area contributed by atoms with Gasteiger partial charge in [0.2, 0.25) is 10.0 Å². The molecule has 0 aliphatic carbocycles. The summed E-state index contributed by atoms with van der Waals surface area (Å²) < 4.78 is 27.3. The van der Waals surface area contributed by atoms with Crippen molar-refractivity contribution in [3.05, 3.63) is 36.7 Å². The fourth-order valence-corrected chi connectivity index (χ4v) is 3.45. The molecule has 0 saturated carbocycles. The maximum absolute atomic E-state index is 12.3. The highest BCUT2D eigenvalue weighted by molar-refractivity contribution is 7.89. The van der Waals surface area contributed by atoms with Gasteiger partial charge in [0.05, 0.1) is 4.90 Å². The maximum atomic E-state index is 12.3. The van der Waals surface area contributed by atoms with Crippen LogP contribution in [-0.2, 0) is 10.0 Å². The third-order valence-electron chi connectivity index (χ3n) is 3.03. The monoisotopic (exact) mass is 263 g/mol. The molecular formula is C12H13N3O2S. The van der Waals surface area contributed by atoms with Crippen LogP contribution in [0.5, 0.6) is 0 Å². The first-order valence-electron chi connectivity index (χ1n) is 5.72. The van der Waals surface area contributed by atoms with Gasteiger partial charge in [-0.05, 0) is 12.1 Å². The van der Waals surface area contributed by atoms with Gasteiger partial charge in [-0.1, -0.05) is 12.1 Å². The number of sulfonamides is 1. The summed E-state index contributed by atoms with van der Waals surface area (Å²) in [7, 11) is -3.46. The summed E-state index contributed by atoms with van der Waals surface area (Å²) in [6.07, 6.45) is 3.27. The van der Waals surface area contributed by atoms with Crippen molar-refractivity contribution in [1.82, 2.24) is 15.0 Å². The third kappa shape index (κ3) is 1.98. The van der Waals surface area contributed by atoms with Crippen LogP contribution in [0.1, 0.15) is 0 Å². The Kier molecular flexibility index (Phi) is 2.77. The summed E-state index contributed by atoms with van der Waals surface area (Å²) >= 11 is 0. The van der Waals surface area contributed by atoms with Gasteiger partial charge in [0.1, 0.15) is 0 Å². The largest absolute Gasteiger partial charge is 0.313 e. The van der Waals surface area contributed by atoms with Crippen LogP contribution >= 0.6 is 0 Å². The second-order valence-corrected chi connectivity index (χ2v) is 6.01. The number of hydrogen-bond donors (Lipinski definition) is 2. The molecule has 0 atom stereocenters. The van der Waals surface area contributed by atoms with E-state index in [2.05, 4.69) is 15.0 Å². The third-order valence-corrected chi connectivity index (χ3v) is 4.61. The smallest absolute Gasteiger partial charge is 0.241 e. The summed E-state index contributed by atoms with van der Waals surface area (Å²) in [6, 6.07) is 6.93. The standard InChI is InChI=1S/C12H13N3O2S/c16-18(17,15-10-7-14-8-10)12-3-1-2-9-6-13-5-4-11(9)12/h1-6,10,14-15H,7-8H2. The zero-order valence-electron chi connectivity index (χ0n) is 9.63. The maximum Gasteiger partial charge on any atom is 0.241 e. The minimum atomic E-state index is -3.46. The molecule has 18 heavy (non-hydrogen) atoms. The van der Waals surface area contributed by atoms with Crippen LogP contribution in [-0.4, -0.2) is 32.5 Å². The molecule has 0 radical (unpaired) electrons. The topological polar surface area (TPSA) is 71.1 Å². The zero-order valence-corrected chi connectivity index (χ0v) is 10.4. The van der Waals surface area contributed by atoms with Crippen LogP contribution in [0.4, 0.5) is 0 Å². The number of nitrogens with one attached hydrogen (secondary N) is 2. The number of hydrogen-bond acceptors (Lipinski definition) is 4. The molecular weight excluding hydrogens is 250 g/mol. The van der Waals surface area contributed by atoms with Crippen LogP contribution in [0.3, 0.4) is 0 Å². The van der Waals surface area contributed by atoms with Crippen molar-refractivity contribution < 1.29 is 8.42 Å². The van der Waals surface area contributed by atoms with Crippen molar-refractivity contribution in [2.75, 3.05) is 13.1 Å². The molecule has 1 aliphatic rings. The Balaban J connectivity index is 2.07. The Morgan fingerprint density at radius 1 is 1.28 bits per heavy atom. The second kappa shape index (κ2) is 4.31. The molecule has 3 rings (SSSR count). The molecule has 0 amide bonds. The van der Waals surface area contributed by atoms with Crippen LogP contribution in [0.2, 0.25) is 0 Å². The molecule has 1 fully saturated rings. The van der Waals surface area contributed by atoms with Gasteiger partial charge in [-0.25, -0.2) is 13.1 Å². The lowest BCUT2D eigenvalue weighted by Gasteiger charge is -2.27. The molecule has 2 aromatic rings. The Hall–Kier alpha value is -1.50. The molecule has 1 aromatic heterocycles. The highest BCUT2D eigenvalue weighted by Crippen LogP contribution is 2.22. The molecule has 5 nitrogen and oxygen atoms in total. The van der Waals surface area contributed by atoms with E-state index in [-0.39, 0.29) is 6.04 Å². The van der Waals surface area contributed by atoms with Gasteiger partial charge in [0, 0.05) is 42.3 Å². The van der Waals surface area contributed by atoms with Crippen molar-refractivity contribution in [2.45, 2.75) is 10.9 Å². The van der Waals surface area contributed by atoms with Gasteiger partial charge < -0.3 is 5.32 Å². The van der Waals surface area contributed by atoms with E-state index < -0.39 is 10.0 Å². The van der Waals surface area contributed by atoms with Crippen molar-refractivity contribution in [2.24, 2.45) is 0 Å². The number of benzene rings is 1. The van der Waals surface area contributed by atoms with E-state index in [0.717, 1.165) is 5.39 Å². The fraction of sp³-hybridized carbons (Fsp3) is 0.250. The number of fused-ring (bicyclic) bond motifs is 1. The average Bonchev–Trinajstić information content (AvgIpc) is 2.33. The number of aromatic nitrogens is 1. The van der Waals surface area contributed by atoms with Gasteiger partial charge >= 0.3 is 0 Å². The van der Waals surface area contributed by atoms with E-state index >= 15 is 0 Å². The van der Waals surface area contributed by atoms with E-state index in [1.807, 2.05) is 6.07 Å². The lowest BCUT2D eigenvalue weighted by Crippen LogP contribution is -2.56. The molecule has 1 aliphatic heterocycles. The molecule has 1 aromatic carbocycles. The van der Waals surface area contributed by atoms with Crippen molar-refractivity contribution in [3.63, 3.8) is 0 Å². The first-order chi connectivity index (χ1) is 8.67. The lowest BCUT2D eigenvalue weighted by molar-refractivity contribution is 0.410. The summed E-state index contributed by atoms with van der Waals surface area (Å²) in [6.45, 7) is 1.37. The minimum absolute atomic E-state index is 0.00732. The van der Waals surface area contributed by atoms with Gasteiger partial charge in [-0.2, -0.15) is 0 Å². The average molecular weight is 263 g/mol. The van der Waals surface area contributed by atoms with Gasteiger partial charge in [0.25, 0.3) is 0 Å². The number of rotatable bonds is 3. The first-order valence-corrected chi connectivity index (χ1v) is 7.21. The van der Waals surface area contributed by atoms with Crippen molar-refractivity contribution >= 4 is 20.8 Å². The number of pyridine rings is 1. The molecule has 6 heteroatoms. The first kappa shape index (κ1) is 11.6. The molecule has 2 N–H and O–H groups in total. The second-order valence-electron chi connectivity index (χ2n) is 4.33. The van der Waals surface area contributed by atoms with Crippen LogP contribution in [0, 0.1) is 0 Å². The van der Waals surface area contributed by atoms with E-state index in [9.17, 15) is 8.42 Å². The Morgan fingerprint density at radius 2 is 2.11 bits per heavy atom. The predicted molar refractivity (Wildman–Crippen MR) is 68.7 cm³/mol. The Bertz CT molecular complexity index is 675.